The predicted octanol–water partition coefficient (Wildman–Crippen LogP) is 4.12. The molecule has 1 aromatic heterocycles. The van der Waals surface area contributed by atoms with Crippen molar-refractivity contribution in [2.24, 2.45) is 0 Å². The van der Waals surface area contributed by atoms with E-state index in [1.165, 1.54) is 6.20 Å². The molecule has 72 valence electrons. The van der Waals surface area contributed by atoms with Crippen LogP contribution in [-0.2, 0) is 5.33 Å². The van der Waals surface area contributed by atoms with Crippen LogP contribution in [0.1, 0.15) is 17.6 Å². The summed E-state index contributed by atoms with van der Waals surface area (Å²) in [5, 5.41) is 0.411. The van der Waals surface area contributed by atoms with E-state index in [1.807, 2.05) is 45.2 Å². The molecule has 1 heterocycles. The molecule has 0 bridgehead atoms. The van der Waals surface area contributed by atoms with Gasteiger partial charge in [-0.3, -0.25) is 0 Å². The fourth-order valence-corrected chi connectivity index (χ4v) is 3.29. The smallest absolute Gasteiger partial charge is 0.249 e. The first-order valence-electron chi connectivity index (χ1n) is 3.24. The van der Waals surface area contributed by atoms with Gasteiger partial charge >= 0.3 is 0 Å². The minimum atomic E-state index is -2.43. The molecule has 0 aliphatic carbocycles. The van der Waals surface area contributed by atoms with Crippen LogP contribution in [0.15, 0.2) is 6.20 Å². The van der Waals surface area contributed by atoms with Crippen molar-refractivity contribution in [3.05, 3.63) is 24.6 Å². The Balaban J connectivity index is 3.35. The summed E-state index contributed by atoms with van der Waals surface area (Å²) in [4.78, 5) is 4.01. The van der Waals surface area contributed by atoms with Gasteiger partial charge in [0, 0.05) is 26.2 Å². The van der Waals surface area contributed by atoms with Gasteiger partial charge in [-0.1, -0.05) is 15.9 Å². The van der Waals surface area contributed by atoms with Gasteiger partial charge in [0.2, 0.25) is 0 Å². The molecule has 0 saturated carbocycles. The van der Waals surface area contributed by atoms with Gasteiger partial charge in [-0.25, -0.2) is 13.8 Å². The van der Waals surface area contributed by atoms with E-state index in [0.29, 0.717) is 18.2 Å². The normalized spacial score (nSPS) is 10.9. The number of hydrogen-bond donors (Lipinski definition) is 0. The van der Waals surface area contributed by atoms with Gasteiger partial charge < -0.3 is 0 Å². The van der Waals surface area contributed by atoms with Crippen LogP contribution in [0.2, 0.25) is 0 Å². The lowest BCUT2D eigenvalue weighted by Crippen LogP contribution is -2.01. The van der Waals surface area contributed by atoms with Crippen LogP contribution in [0, 0.1) is 7.27 Å². The van der Waals surface area contributed by atoms with Gasteiger partial charge in [0.05, 0.1) is 0 Å². The molecular weight excluding hydrogens is 470 g/mol. The van der Waals surface area contributed by atoms with Crippen LogP contribution in [0.3, 0.4) is 0 Å². The summed E-state index contributed by atoms with van der Waals surface area (Å²) in [5.74, 6) is 0. The third-order valence-corrected chi connectivity index (χ3v) is 3.82. The van der Waals surface area contributed by atoms with Crippen LogP contribution in [-0.4, -0.2) is 4.98 Å². The second-order valence-electron chi connectivity index (χ2n) is 2.22. The number of hydrogen-bond acceptors (Lipinski definition) is 1. The Kier molecular flexibility index (Phi) is 4.76. The highest BCUT2D eigenvalue weighted by Crippen LogP contribution is 2.30. The molecule has 0 fully saturated rings. The molecule has 0 unspecified atom stereocenters. The minimum absolute atomic E-state index is 0.0943. The van der Waals surface area contributed by atoms with Crippen LogP contribution in [0.5, 0.6) is 0 Å². The van der Waals surface area contributed by atoms with Gasteiger partial charge in [0.25, 0.3) is 6.43 Å². The van der Waals surface area contributed by atoms with E-state index < -0.39 is 6.43 Å². The van der Waals surface area contributed by atoms with E-state index in [1.54, 1.807) is 0 Å². The van der Waals surface area contributed by atoms with Crippen molar-refractivity contribution in [1.82, 2.24) is 4.98 Å². The highest BCUT2D eigenvalue weighted by atomic mass is 127. The molecule has 0 N–H and O–H groups in total. The summed E-state index contributed by atoms with van der Waals surface area (Å²) in [6.45, 7) is 0. The van der Waals surface area contributed by atoms with E-state index in [-0.39, 0.29) is 5.56 Å². The van der Waals surface area contributed by atoms with Crippen LogP contribution in [0.4, 0.5) is 8.78 Å². The molecule has 0 aromatic carbocycles. The maximum Gasteiger partial charge on any atom is 0.265 e. The first-order chi connectivity index (χ1) is 6.07. The van der Waals surface area contributed by atoms with E-state index in [9.17, 15) is 8.78 Å². The summed E-state index contributed by atoms with van der Waals surface area (Å²) in [5.41, 5.74) is 0.680. The zero-order chi connectivity index (χ0) is 10.0. The standard InChI is InChI=1S/C7H4BrF2I2N/c8-1-3-5(6(9)10)4(11)2-13-7(3)12/h2,6H,1H2. The van der Waals surface area contributed by atoms with Gasteiger partial charge in [-0.2, -0.15) is 0 Å². The number of halogens is 5. The zero-order valence-corrected chi connectivity index (χ0v) is 12.1. The lowest BCUT2D eigenvalue weighted by Gasteiger charge is -2.09. The molecule has 13 heavy (non-hydrogen) atoms. The van der Waals surface area contributed by atoms with E-state index >= 15 is 0 Å². The van der Waals surface area contributed by atoms with Gasteiger partial charge in [-0.15, -0.1) is 0 Å². The Morgan fingerprint density at radius 3 is 2.46 bits per heavy atom. The molecule has 1 rings (SSSR count). The van der Waals surface area contributed by atoms with Crippen molar-refractivity contribution >= 4 is 61.1 Å². The lowest BCUT2D eigenvalue weighted by atomic mass is 10.2. The molecule has 0 aliphatic heterocycles. The second-order valence-corrected chi connectivity index (χ2v) is 4.97. The molecule has 0 amide bonds. The van der Waals surface area contributed by atoms with Gasteiger partial charge in [0.15, 0.2) is 0 Å². The minimum Gasteiger partial charge on any atom is -0.249 e. The van der Waals surface area contributed by atoms with Gasteiger partial charge in [-0.05, 0) is 45.2 Å². The van der Waals surface area contributed by atoms with E-state index in [4.69, 9.17) is 0 Å². The number of nitrogens with zero attached hydrogens (tertiary/aromatic N) is 1. The molecule has 0 spiro atoms. The Bertz CT molecular complexity index is 320. The summed E-state index contributed by atoms with van der Waals surface area (Å²) >= 11 is 7.01. The van der Waals surface area contributed by atoms with E-state index in [2.05, 4.69) is 20.9 Å². The first kappa shape index (κ1) is 12.0. The summed E-state index contributed by atoms with van der Waals surface area (Å²) in [7, 11) is 0. The maximum absolute atomic E-state index is 12.6. The second kappa shape index (κ2) is 5.15. The highest BCUT2D eigenvalue weighted by molar-refractivity contribution is 14.1. The summed E-state index contributed by atoms with van der Waals surface area (Å²) in [6.07, 6.45) is -0.966. The van der Waals surface area contributed by atoms with Crippen molar-refractivity contribution in [1.29, 1.82) is 0 Å². The molecule has 6 heteroatoms. The third-order valence-electron chi connectivity index (χ3n) is 1.47. The van der Waals surface area contributed by atoms with Crippen LogP contribution < -0.4 is 0 Å². The fraction of sp³-hybridized carbons (Fsp3) is 0.286. The lowest BCUT2D eigenvalue weighted by molar-refractivity contribution is 0.149. The highest BCUT2D eigenvalue weighted by Gasteiger charge is 2.18. The van der Waals surface area contributed by atoms with Crippen molar-refractivity contribution in [3.8, 4) is 0 Å². The number of alkyl halides is 3. The quantitative estimate of drug-likeness (QED) is 0.358. The average molecular weight is 474 g/mol. The monoisotopic (exact) mass is 473 g/mol. The van der Waals surface area contributed by atoms with Crippen LogP contribution >= 0.6 is 61.1 Å². The SMILES string of the molecule is FC(F)c1c(I)cnc(I)c1CBr. The van der Waals surface area contributed by atoms with Crippen molar-refractivity contribution < 1.29 is 8.78 Å². The molecule has 0 radical (unpaired) electrons. The largest absolute Gasteiger partial charge is 0.265 e. The number of aromatic nitrogens is 1. The van der Waals surface area contributed by atoms with Crippen molar-refractivity contribution in [3.63, 3.8) is 0 Å². The maximum atomic E-state index is 12.6. The van der Waals surface area contributed by atoms with Crippen LogP contribution in [0.25, 0.3) is 0 Å². The Morgan fingerprint density at radius 2 is 2.08 bits per heavy atom. The Labute approximate surface area is 110 Å². The summed E-state index contributed by atoms with van der Waals surface area (Å²) in [6, 6.07) is 0. The Morgan fingerprint density at radius 1 is 1.46 bits per heavy atom. The third kappa shape index (κ3) is 2.71. The van der Waals surface area contributed by atoms with Crippen molar-refractivity contribution in [2.75, 3.05) is 0 Å². The molecular formula is C7H4BrF2I2N. The number of rotatable bonds is 2. The molecule has 1 nitrogen and oxygen atoms in total. The van der Waals surface area contributed by atoms with Gasteiger partial charge in [0.1, 0.15) is 3.70 Å². The van der Waals surface area contributed by atoms with E-state index in [0.717, 1.165) is 0 Å². The average Bonchev–Trinajstić information content (AvgIpc) is 2.07. The molecule has 0 aliphatic rings. The molecule has 0 saturated heterocycles. The fourth-order valence-electron chi connectivity index (χ4n) is 0.879. The summed E-state index contributed by atoms with van der Waals surface area (Å²) < 4.78 is 26.3. The topological polar surface area (TPSA) is 12.9 Å². The van der Waals surface area contributed by atoms with Crippen molar-refractivity contribution in [2.45, 2.75) is 11.8 Å². The zero-order valence-electron chi connectivity index (χ0n) is 6.20. The number of pyridine rings is 1. The Hall–Kier alpha value is 0.950. The molecule has 0 atom stereocenters. The first-order valence-corrected chi connectivity index (χ1v) is 6.52. The molecule has 1 aromatic rings. The predicted molar refractivity (Wildman–Crippen MR) is 67.3 cm³/mol.